The van der Waals surface area contributed by atoms with Gasteiger partial charge in [0, 0.05) is 22.8 Å². The van der Waals surface area contributed by atoms with Crippen molar-refractivity contribution >= 4 is 17.6 Å². The van der Waals surface area contributed by atoms with Crippen molar-refractivity contribution in [3.05, 3.63) is 57.8 Å². The normalized spacial score (nSPS) is 25.4. The minimum atomic E-state index is -1.00. The summed E-state index contributed by atoms with van der Waals surface area (Å²) in [6.07, 6.45) is 1.69. The van der Waals surface area contributed by atoms with Crippen molar-refractivity contribution < 1.29 is 14.3 Å². The Bertz CT molecular complexity index is 759. The van der Waals surface area contributed by atoms with Crippen LogP contribution in [0, 0.1) is 23.7 Å². The van der Waals surface area contributed by atoms with Crippen LogP contribution in [0.1, 0.15) is 39.4 Å². The number of thiophene rings is 1. The third-order valence-electron chi connectivity index (χ3n) is 4.72. The van der Waals surface area contributed by atoms with Gasteiger partial charge in [0.1, 0.15) is 6.17 Å². The molecular weight excluding hydrogens is 335 g/mol. The summed E-state index contributed by atoms with van der Waals surface area (Å²) in [5, 5.41) is 10.2. The van der Waals surface area contributed by atoms with Gasteiger partial charge in [-0.1, -0.05) is 30.0 Å². The minimum Gasteiger partial charge on any atom is -0.392 e. The Morgan fingerprint density at radius 2 is 2.04 bits per heavy atom. The molecule has 0 aliphatic heterocycles. The topological polar surface area (TPSA) is 37.3 Å². The van der Waals surface area contributed by atoms with Gasteiger partial charge in [0.2, 0.25) is 0 Å². The van der Waals surface area contributed by atoms with Crippen molar-refractivity contribution in [2.75, 3.05) is 0 Å². The molecule has 1 heterocycles. The third-order valence-corrected chi connectivity index (χ3v) is 5.79. The van der Waals surface area contributed by atoms with Crippen molar-refractivity contribution in [2.24, 2.45) is 11.8 Å². The summed E-state index contributed by atoms with van der Waals surface area (Å²) in [4.78, 5) is 12.6. The summed E-state index contributed by atoms with van der Waals surface area (Å²) in [7, 11) is 0. The average molecular weight is 356 g/mol. The van der Waals surface area contributed by atoms with Crippen LogP contribution in [0.15, 0.2) is 42.5 Å². The lowest BCUT2D eigenvalue weighted by molar-refractivity contribution is 0.112. The number of benzene rings is 1. The molecule has 1 saturated carbocycles. The molecular formula is C21H21FO2S. The molecule has 0 unspecified atom stereocenters. The summed E-state index contributed by atoms with van der Waals surface area (Å²) < 4.78 is 14.3. The summed E-state index contributed by atoms with van der Waals surface area (Å²) in [6.45, 7) is 0. The van der Waals surface area contributed by atoms with Gasteiger partial charge in [-0.2, -0.15) is 0 Å². The zero-order valence-electron chi connectivity index (χ0n) is 13.9. The fourth-order valence-electron chi connectivity index (χ4n) is 3.42. The van der Waals surface area contributed by atoms with E-state index in [-0.39, 0.29) is 18.3 Å². The first-order valence-corrected chi connectivity index (χ1v) is 9.41. The number of alkyl halides is 1. The van der Waals surface area contributed by atoms with Crippen LogP contribution >= 0.6 is 11.3 Å². The molecule has 25 heavy (non-hydrogen) atoms. The first-order valence-electron chi connectivity index (χ1n) is 8.60. The number of carbonyl (C=O) groups is 1. The lowest BCUT2D eigenvalue weighted by atomic mass is 9.89. The Kier molecular flexibility index (Phi) is 6.01. The van der Waals surface area contributed by atoms with Crippen molar-refractivity contribution in [1.29, 1.82) is 0 Å². The van der Waals surface area contributed by atoms with E-state index in [0.717, 1.165) is 34.4 Å². The van der Waals surface area contributed by atoms with E-state index in [1.165, 1.54) is 11.3 Å². The predicted octanol–water partition coefficient (Wildman–Crippen LogP) is 4.27. The van der Waals surface area contributed by atoms with Crippen LogP contribution in [-0.4, -0.2) is 23.7 Å². The van der Waals surface area contributed by atoms with E-state index >= 15 is 0 Å². The number of rotatable bonds is 5. The van der Waals surface area contributed by atoms with Gasteiger partial charge in [-0.05, 0) is 43.5 Å². The number of aliphatic hydroxyl groups excluding tert-OH is 1. The number of aldehydes is 1. The maximum atomic E-state index is 14.3. The highest BCUT2D eigenvalue weighted by atomic mass is 32.1. The highest BCUT2D eigenvalue weighted by Crippen LogP contribution is 2.38. The van der Waals surface area contributed by atoms with Crippen molar-refractivity contribution in [1.82, 2.24) is 0 Å². The number of aryl methyl sites for hydroxylation is 1. The third kappa shape index (κ3) is 4.56. The Balaban J connectivity index is 1.61. The maximum absolute atomic E-state index is 14.3. The molecule has 0 saturated heterocycles. The molecule has 4 atom stereocenters. The molecule has 2 nitrogen and oxygen atoms in total. The number of hydrogen-bond acceptors (Lipinski definition) is 3. The maximum Gasteiger partial charge on any atom is 0.160 e. The number of halogens is 1. The van der Waals surface area contributed by atoms with Crippen LogP contribution in [0.4, 0.5) is 4.39 Å². The lowest BCUT2D eigenvalue weighted by Crippen LogP contribution is -2.19. The Morgan fingerprint density at radius 3 is 2.76 bits per heavy atom. The standard InChI is InChI=1S/C21H21FO2S/c22-20-13-21(24)19(12-9-15-5-2-1-3-6-15)18(20)8-4-7-16-10-11-17(14-23)25-16/h1-3,5-6,10-11,14,18-21,24H,4,7-8,13H2/t18-,19-,20-,21-/m1/s1. The van der Waals surface area contributed by atoms with Gasteiger partial charge in [0.15, 0.2) is 6.29 Å². The molecule has 130 valence electrons. The Labute approximate surface area is 151 Å². The Morgan fingerprint density at radius 1 is 1.24 bits per heavy atom. The van der Waals surface area contributed by atoms with E-state index in [1.807, 2.05) is 42.5 Å². The van der Waals surface area contributed by atoms with Gasteiger partial charge >= 0.3 is 0 Å². The smallest absolute Gasteiger partial charge is 0.160 e. The molecule has 0 amide bonds. The molecule has 1 aliphatic rings. The van der Waals surface area contributed by atoms with Gasteiger partial charge in [0.05, 0.1) is 16.9 Å². The molecule has 1 N–H and O–H groups in total. The van der Waals surface area contributed by atoms with E-state index in [4.69, 9.17) is 0 Å². The van der Waals surface area contributed by atoms with Gasteiger partial charge < -0.3 is 5.11 Å². The van der Waals surface area contributed by atoms with Crippen LogP contribution in [0.5, 0.6) is 0 Å². The van der Waals surface area contributed by atoms with E-state index in [1.54, 1.807) is 0 Å². The molecule has 3 rings (SSSR count). The SMILES string of the molecule is O=Cc1ccc(CCC[C@@H]2[C@@H](C#Cc3ccccc3)[C@H](O)C[C@H]2F)s1. The van der Waals surface area contributed by atoms with Gasteiger partial charge in [-0.25, -0.2) is 4.39 Å². The second-order valence-corrected chi connectivity index (χ2v) is 7.66. The zero-order chi connectivity index (χ0) is 17.6. The van der Waals surface area contributed by atoms with Crippen LogP contribution in [0.25, 0.3) is 0 Å². The quantitative estimate of drug-likeness (QED) is 0.642. The number of aliphatic hydroxyl groups is 1. The largest absolute Gasteiger partial charge is 0.392 e. The number of carbonyl (C=O) groups excluding carboxylic acids is 1. The van der Waals surface area contributed by atoms with Crippen LogP contribution in [0.2, 0.25) is 0 Å². The van der Waals surface area contributed by atoms with Crippen molar-refractivity contribution in [3.63, 3.8) is 0 Å². The molecule has 2 aromatic rings. The second-order valence-electron chi connectivity index (χ2n) is 6.46. The molecule has 0 radical (unpaired) electrons. The van der Waals surface area contributed by atoms with Gasteiger partial charge in [0.25, 0.3) is 0 Å². The molecule has 4 heteroatoms. The predicted molar refractivity (Wildman–Crippen MR) is 98.5 cm³/mol. The van der Waals surface area contributed by atoms with Crippen LogP contribution in [0.3, 0.4) is 0 Å². The molecule has 1 aliphatic carbocycles. The molecule has 1 aromatic heterocycles. The monoisotopic (exact) mass is 356 g/mol. The second kappa shape index (κ2) is 8.42. The summed E-state index contributed by atoms with van der Waals surface area (Å²) in [5.41, 5.74) is 0.885. The fourth-order valence-corrected chi connectivity index (χ4v) is 4.29. The summed E-state index contributed by atoms with van der Waals surface area (Å²) in [6, 6.07) is 13.4. The minimum absolute atomic E-state index is 0.174. The molecule has 1 fully saturated rings. The molecule has 0 spiro atoms. The fraction of sp³-hybridized carbons (Fsp3) is 0.381. The van der Waals surface area contributed by atoms with Crippen LogP contribution < -0.4 is 0 Å². The lowest BCUT2D eigenvalue weighted by Gasteiger charge is -2.17. The molecule has 0 bridgehead atoms. The van der Waals surface area contributed by atoms with Crippen molar-refractivity contribution in [2.45, 2.75) is 38.0 Å². The zero-order valence-corrected chi connectivity index (χ0v) is 14.7. The average Bonchev–Trinajstić information content (AvgIpc) is 3.19. The highest BCUT2D eigenvalue weighted by Gasteiger charge is 2.41. The first kappa shape index (κ1) is 17.8. The molecule has 1 aromatic carbocycles. The van der Waals surface area contributed by atoms with E-state index < -0.39 is 12.3 Å². The number of hydrogen-bond donors (Lipinski definition) is 1. The Hall–Kier alpha value is -1.96. The summed E-state index contributed by atoms with van der Waals surface area (Å²) >= 11 is 1.49. The van der Waals surface area contributed by atoms with Gasteiger partial charge in [-0.3, -0.25) is 4.79 Å². The van der Waals surface area contributed by atoms with E-state index in [9.17, 15) is 14.3 Å². The first-order chi connectivity index (χ1) is 12.2. The van der Waals surface area contributed by atoms with Crippen molar-refractivity contribution in [3.8, 4) is 11.8 Å². The summed E-state index contributed by atoms with van der Waals surface area (Å²) in [5.74, 6) is 5.64. The highest BCUT2D eigenvalue weighted by molar-refractivity contribution is 7.13. The van der Waals surface area contributed by atoms with E-state index in [2.05, 4.69) is 11.8 Å². The van der Waals surface area contributed by atoms with Crippen LogP contribution in [-0.2, 0) is 6.42 Å². The van der Waals surface area contributed by atoms with E-state index in [0.29, 0.717) is 6.42 Å². The van der Waals surface area contributed by atoms with Gasteiger partial charge in [-0.15, -0.1) is 11.3 Å².